The van der Waals surface area contributed by atoms with E-state index in [1.165, 1.54) is 19.5 Å². The third kappa shape index (κ3) is 13.3. The van der Waals surface area contributed by atoms with E-state index >= 15 is 0 Å². The van der Waals surface area contributed by atoms with E-state index in [4.69, 9.17) is 24.1 Å². The average Bonchev–Trinajstić information content (AvgIpc) is 3.91. The summed E-state index contributed by atoms with van der Waals surface area (Å²) in [5.41, 5.74) is 3.26. The second-order valence-electron chi connectivity index (χ2n) is 17.9. The van der Waals surface area contributed by atoms with Crippen molar-refractivity contribution in [2.45, 2.75) is 54.4 Å². The molecule has 4 N–H and O–H groups in total. The molecule has 0 aromatic heterocycles. The van der Waals surface area contributed by atoms with Gasteiger partial charge in [-0.25, -0.2) is 0 Å². The van der Waals surface area contributed by atoms with Crippen LogP contribution in [0.3, 0.4) is 0 Å². The molecular formula is C55H62N2O8S2. The maximum Gasteiger partial charge on any atom is 0.140 e. The molecule has 352 valence electrons. The van der Waals surface area contributed by atoms with Crippen molar-refractivity contribution >= 4 is 23.5 Å². The SMILES string of the molecule is C[C@@H]1CCN(CCOc2ccc([C@H]3CSc4cc(O)ccc4O3)cc2)C1.C[C@@H]1CN(CCOc2ccc([C@@H]3Oc4ccc(O)cc4S[C@@H]3c3ccc(O)cc3)cc2)C[C@H]1C.Oc1ccccc1. The lowest BCUT2D eigenvalue weighted by Gasteiger charge is -2.34. The Labute approximate surface area is 403 Å². The molecule has 0 bridgehead atoms. The minimum Gasteiger partial charge on any atom is -0.508 e. The smallest absolute Gasteiger partial charge is 0.140 e. The maximum absolute atomic E-state index is 9.94. The van der Waals surface area contributed by atoms with Crippen molar-refractivity contribution in [2.75, 3.05) is 58.2 Å². The zero-order chi connectivity index (χ0) is 46.7. The molecule has 0 unspecified atom stereocenters. The molecule has 6 atom stereocenters. The first-order valence-electron chi connectivity index (χ1n) is 23.2. The minimum absolute atomic E-state index is 0.0252. The normalized spacial score (nSPS) is 22.1. The monoisotopic (exact) mass is 942 g/mol. The van der Waals surface area contributed by atoms with Gasteiger partial charge in [0.2, 0.25) is 0 Å². The van der Waals surface area contributed by atoms with Crippen molar-refractivity contribution in [1.82, 2.24) is 9.80 Å². The quantitative estimate of drug-likeness (QED) is 0.0988. The number of rotatable bonds is 11. The summed E-state index contributed by atoms with van der Waals surface area (Å²) < 4.78 is 24.5. The van der Waals surface area contributed by atoms with Crippen molar-refractivity contribution in [3.63, 3.8) is 0 Å². The fourth-order valence-corrected chi connectivity index (χ4v) is 11.0. The second kappa shape index (κ2) is 22.9. The molecule has 2 saturated heterocycles. The van der Waals surface area contributed by atoms with Gasteiger partial charge in [0.1, 0.15) is 71.4 Å². The molecule has 0 radical (unpaired) electrons. The number of aromatic hydroxyl groups is 4. The number of fused-ring (bicyclic) bond motifs is 2. The molecule has 10 nitrogen and oxygen atoms in total. The van der Waals surface area contributed by atoms with Gasteiger partial charge in [0.25, 0.3) is 0 Å². The van der Waals surface area contributed by atoms with Gasteiger partial charge in [-0.1, -0.05) is 75.4 Å². The second-order valence-corrected chi connectivity index (χ2v) is 20.2. The van der Waals surface area contributed by atoms with Crippen molar-refractivity contribution in [3.05, 3.63) is 156 Å². The number of phenols is 4. The van der Waals surface area contributed by atoms with Crippen LogP contribution in [0.25, 0.3) is 0 Å². The number of benzene rings is 6. The number of ether oxygens (including phenoxy) is 4. The molecule has 10 rings (SSSR count). The van der Waals surface area contributed by atoms with Crippen molar-refractivity contribution in [3.8, 4) is 46.0 Å². The Morgan fingerprint density at radius 2 is 1.09 bits per heavy atom. The number of para-hydroxylation sites is 1. The Morgan fingerprint density at radius 3 is 1.67 bits per heavy atom. The lowest BCUT2D eigenvalue weighted by Crippen LogP contribution is -2.26. The Hall–Kier alpha value is -5.66. The van der Waals surface area contributed by atoms with Gasteiger partial charge in [-0.2, -0.15) is 0 Å². The van der Waals surface area contributed by atoms with Gasteiger partial charge < -0.3 is 39.4 Å². The summed E-state index contributed by atoms with van der Waals surface area (Å²) in [7, 11) is 0. The van der Waals surface area contributed by atoms with Crippen LogP contribution in [-0.4, -0.2) is 88.5 Å². The van der Waals surface area contributed by atoms with Crippen LogP contribution >= 0.6 is 23.5 Å². The maximum atomic E-state index is 9.94. The van der Waals surface area contributed by atoms with Crippen LogP contribution in [0.2, 0.25) is 0 Å². The highest BCUT2D eigenvalue weighted by Crippen LogP contribution is 2.54. The minimum atomic E-state index is -0.215. The van der Waals surface area contributed by atoms with E-state index in [0.29, 0.717) is 12.4 Å². The molecule has 4 heterocycles. The highest BCUT2D eigenvalue weighted by atomic mass is 32.2. The van der Waals surface area contributed by atoms with E-state index in [2.05, 4.69) is 54.8 Å². The number of likely N-dealkylation sites (tertiary alicyclic amines) is 2. The molecule has 0 aliphatic carbocycles. The molecule has 4 aliphatic rings. The number of thioether (sulfide) groups is 2. The average molecular weight is 943 g/mol. The molecule has 4 aliphatic heterocycles. The van der Waals surface area contributed by atoms with E-state index < -0.39 is 0 Å². The van der Waals surface area contributed by atoms with Crippen LogP contribution in [0.4, 0.5) is 0 Å². The molecule has 2 fully saturated rings. The summed E-state index contributed by atoms with van der Waals surface area (Å²) >= 11 is 3.38. The Morgan fingerprint density at radius 1 is 0.552 bits per heavy atom. The van der Waals surface area contributed by atoms with Crippen LogP contribution < -0.4 is 18.9 Å². The molecular weight excluding hydrogens is 881 g/mol. The standard InChI is InChI=1S/C28H31NO4S.C21H25NO3S.C6H6O/c1-18-16-29(17-19(18)2)13-14-32-24-10-5-20(6-11-24)27-28(21-3-7-22(30)8-4-21)34-26-15-23(31)9-12-25(26)33-27;1-15-8-9-22(13-15)10-11-24-18-5-2-16(3-6-18)20-14-26-21-12-17(23)4-7-19(21)25-20;7-6-4-2-1-3-5-6/h3-12,15,18-19,27-28,30-31H,13-14,16-17H2,1-2H3;2-7,12,15,20,23H,8-11,13-14H2,1H3;1-5,7H/t18-,19-,27+,28-;15-,20-;/m11./s1. The first-order chi connectivity index (χ1) is 32.5. The summed E-state index contributed by atoms with van der Waals surface area (Å²) in [5.74, 6) is 7.59. The summed E-state index contributed by atoms with van der Waals surface area (Å²) in [5, 5.41) is 37.9. The topological polar surface area (TPSA) is 124 Å². The molecule has 67 heavy (non-hydrogen) atoms. The predicted molar refractivity (Wildman–Crippen MR) is 267 cm³/mol. The van der Waals surface area contributed by atoms with Crippen LogP contribution in [0.5, 0.6) is 46.0 Å². The summed E-state index contributed by atoms with van der Waals surface area (Å²) in [6, 6.07) is 42.8. The van der Waals surface area contributed by atoms with Crippen LogP contribution in [0, 0.1) is 17.8 Å². The van der Waals surface area contributed by atoms with Gasteiger partial charge in [-0.15, -0.1) is 23.5 Å². The first kappa shape index (κ1) is 47.8. The number of hydrogen-bond donors (Lipinski definition) is 4. The van der Waals surface area contributed by atoms with Gasteiger partial charge in [0.05, 0.1) is 15.0 Å². The summed E-state index contributed by atoms with van der Waals surface area (Å²) in [6.07, 6.45) is 1.11. The fourth-order valence-electron chi connectivity index (χ4n) is 8.66. The lowest BCUT2D eigenvalue weighted by atomic mass is 10.00. The van der Waals surface area contributed by atoms with E-state index in [9.17, 15) is 15.3 Å². The van der Waals surface area contributed by atoms with Gasteiger partial charge in [0, 0.05) is 38.5 Å². The highest BCUT2D eigenvalue weighted by molar-refractivity contribution is 7.99. The van der Waals surface area contributed by atoms with E-state index in [0.717, 1.165) is 106 Å². The molecule has 6 aromatic carbocycles. The first-order valence-corrected chi connectivity index (χ1v) is 25.1. The van der Waals surface area contributed by atoms with E-state index in [1.54, 1.807) is 84.2 Å². The summed E-state index contributed by atoms with van der Waals surface area (Å²) in [4.78, 5) is 6.85. The van der Waals surface area contributed by atoms with E-state index in [1.807, 2.05) is 54.6 Å². The zero-order valence-electron chi connectivity index (χ0n) is 38.4. The Kier molecular flexibility index (Phi) is 16.3. The van der Waals surface area contributed by atoms with Crippen molar-refractivity contribution in [2.24, 2.45) is 17.8 Å². The third-order valence-corrected chi connectivity index (χ3v) is 15.1. The fraction of sp³-hybridized carbons (Fsp3) is 0.345. The Bertz CT molecular complexity index is 2470. The Balaban J connectivity index is 0.000000162. The molecule has 6 aromatic rings. The van der Waals surface area contributed by atoms with Gasteiger partial charge >= 0.3 is 0 Å². The van der Waals surface area contributed by atoms with Crippen LogP contribution in [-0.2, 0) is 0 Å². The number of nitrogens with zero attached hydrogens (tertiary/aromatic N) is 2. The van der Waals surface area contributed by atoms with Crippen molar-refractivity contribution < 1.29 is 39.4 Å². The molecule has 0 saturated carbocycles. The van der Waals surface area contributed by atoms with Gasteiger partial charge in [-0.05, 0) is 132 Å². The highest BCUT2D eigenvalue weighted by Gasteiger charge is 2.34. The number of hydrogen-bond acceptors (Lipinski definition) is 12. The zero-order valence-corrected chi connectivity index (χ0v) is 40.1. The molecule has 0 spiro atoms. The largest absolute Gasteiger partial charge is 0.508 e. The molecule has 0 amide bonds. The predicted octanol–water partition coefficient (Wildman–Crippen LogP) is 11.8. The van der Waals surface area contributed by atoms with Crippen LogP contribution in [0.15, 0.2) is 149 Å². The molecule has 12 heteroatoms. The third-order valence-electron chi connectivity index (χ3n) is 12.7. The van der Waals surface area contributed by atoms with Crippen molar-refractivity contribution in [1.29, 1.82) is 0 Å². The summed E-state index contributed by atoms with van der Waals surface area (Å²) in [6.45, 7) is 15.0. The van der Waals surface area contributed by atoms with Gasteiger partial charge in [0.15, 0.2) is 0 Å². The van der Waals surface area contributed by atoms with Crippen LogP contribution in [0.1, 0.15) is 61.3 Å². The van der Waals surface area contributed by atoms with Gasteiger partial charge in [-0.3, -0.25) is 9.80 Å². The number of phenolic OH excluding ortho intramolecular Hbond substituents is 4. The lowest BCUT2D eigenvalue weighted by molar-refractivity contribution is 0.190. The van der Waals surface area contributed by atoms with E-state index in [-0.39, 0.29) is 34.7 Å².